The maximum absolute atomic E-state index is 13.2. The number of carbonyl (C=O) groups excluding carboxylic acids is 2. The van der Waals surface area contributed by atoms with Crippen molar-refractivity contribution in [2.75, 3.05) is 11.5 Å². The van der Waals surface area contributed by atoms with E-state index in [2.05, 4.69) is 18.8 Å². The lowest BCUT2D eigenvalue weighted by molar-refractivity contribution is -0.132. The molecule has 6 heteroatoms. The SMILES string of the molecule is CCOc1cccc(/C(O)=C2/C(=O)C(=O)N(c3ccc(C(C)C)cc3)C2c2cccnc2)c1. The van der Waals surface area contributed by atoms with Crippen LogP contribution in [0.4, 0.5) is 5.69 Å². The van der Waals surface area contributed by atoms with Crippen molar-refractivity contribution in [2.24, 2.45) is 0 Å². The molecule has 1 fully saturated rings. The third-order valence-electron chi connectivity index (χ3n) is 5.70. The summed E-state index contributed by atoms with van der Waals surface area (Å²) >= 11 is 0. The third kappa shape index (κ3) is 4.24. The average Bonchev–Trinajstić information content (AvgIpc) is 3.10. The summed E-state index contributed by atoms with van der Waals surface area (Å²) in [5.41, 5.74) is 2.77. The van der Waals surface area contributed by atoms with E-state index in [1.807, 2.05) is 31.2 Å². The van der Waals surface area contributed by atoms with Crippen molar-refractivity contribution in [3.63, 3.8) is 0 Å². The van der Waals surface area contributed by atoms with Crippen molar-refractivity contribution in [2.45, 2.75) is 32.7 Å². The van der Waals surface area contributed by atoms with E-state index in [1.54, 1.807) is 48.8 Å². The summed E-state index contributed by atoms with van der Waals surface area (Å²) in [6.07, 6.45) is 3.23. The van der Waals surface area contributed by atoms with Crippen LogP contribution in [0.1, 0.15) is 49.4 Å². The second kappa shape index (κ2) is 9.28. The molecule has 0 saturated carbocycles. The number of ketones is 1. The summed E-state index contributed by atoms with van der Waals surface area (Å²) in [5.74, 6) is -0.774. The van der Waals surface area contributed by atoms with E-state index in [0.29, 0.717) is 35.1 Å². The highest BCUT2D eigenvalue weighted by Crippen LogP contribution is 2.42. The molecular formula is C27H26N2O4. The fourth-order valence-electron chi connectivity index (χ4n) is 4.03. The smallest absolute Gasteiger partial charge is 0.300 e. The standard InChI is InChI=1S/C27H26N2O4/c1-4-33-22-9-5-7-19(15-22)25(30)23-24(20-8-6-14-28-16-20)29(27(32)26(23)31)21-12-10-18(11-13-21)17(2)3/h5-17,24,30H,4H2,1-3H3/b25-23-. The van der Waals surface area contributed by atoms with Gasteiger partial charge in [-0.2, -0.15) is 0 Å². The van der Waals surface area contributed by atoms with Gasteiger partial charge in [0, 0.05) is 23.6 Å². The van der Waals surface area contributed by atoms with Crippen LogP contribution in [0.15, 0.2) is 78.6 Å². The molecule has 0 bridgehead atoms. The van der Waals surface area contributed by atoms with Crippen molar-refractivity contribution in [1.82, 2.24) is 4.98 Å². The summed E-state index contributed by atoms with van der Waals surface area (Å²) in [6, 6.07) is 17.1. The lowest BCUT2D eigenvalue weighted by Crippen LogP contribution is -2.29. The molecule has 4 rings (SSSR count). The number of hydrogen-bond acceptors (Lipinski definition) is 5. The summed E-state index contributed by atoms with van der Waals surface area (Å²) in [5, 5.41) is 11.2. The van der Waals surface area contributed by atoms with E-state index in [4.69, 9.17) is 4.74 Å². The zero-order valence-electron chi connectivity index (χ0n) is 18.9. The summed E-state index contributed by atoms with van der Waals surface area (Å²) in [7, 11) is 0. The monoisotopic (exact) mass is 442 g/mol. The van der Waals surface area contributed by atoms with Crippen LogP contribution in [-0.4, -0.2) is 28.4 Å². The van der Waals surface area contributed by atoms with Crippen molar-refractivity contribution in [3.05, 3.63) is 95.3 Å². The van der Waals surface area contributed by atoms with E-state index in [9.17, 15) is 14.7 Å². The Morgan fingerprint density at radius 3 is 2.48 bits per heavy atom. The van der Waals surface area contributed by atoms with E-state index in [-0.39, 0.29) is 11.3 Å². The van der Waals surface area contributed by atoms with Crippen LogP contribution in [-0.2, 0) is 9.59 Å². The van der Waals surface area contributed by atoms with Gasteiger partial charge < -0.3 is 9.84 Å². The normalized spacial score (nSPS) is 17.6. The molecule has 0 aliphatic carbocycles. The molecule has 6 nitrogen and oxygen atoms in total. The first-order valence-electron chi connectivity index (χ1n) is 11.0. The maximum atomic E-state index is 13.2. The van der Waals surface area contributed by atoms with Gasteiger partial charge in [-0.15, -0.1) is 0 Å². The van der Waals surface area contributed by atoms with Crippen molar-refractivity contribution >= 4 is 23.1 Å². The van der Waals surface area contributed by atoms with Crippen LogP contribution in [0.5, 0.6) is 5.75 Å². The Balaban J connectivity index is 1.88. The number of rotatable bonds is 6. The largest absolute Gasteiger partial charge is 0.507 e. The lowest BCUT2D eigenvalue weighted by atomic mass is 9.96. The first-order valence-corrected chi connectivity index (χ1v) is 11.0. The minimum Gasteiger partial charge on any atom is -0.507 e. The third-order valence-corrected chi connectivity index (χ3v) is 5.70. The maximum Gasteiger partial charge on any atom is 0.300 e. The molecule has 33 heavy (non-hydrogen) atoms. The predicted octanol–water partition coefficient (Wildman–Crippen LogP) is 5.23. The fourth-order valence-corrected chi connectivity index (χ4v) is 4.03. The van der Waals surface area contributed by atoms with Gasteiger partial charge in [-0.05, 0) is 54.3 Å². The molecular weight excluding hydrogens is 416 g/mol. The molecule has 1 aliphatic heterocycles. The van der Waals surface area contributed by atoms with Gasteiger partial charge in [-0.25, -0.2) is 0 Å². The number of anilines is 1. The van der Waals surface area contributed by atoms with Crippen molar-refractivity contribution in [3.8, 4) is 5.75 Å². The number of aromatic nitrogens is 1. The number of hydrogen-bond donors (Lipinski definition) is 1. The number of Topliss-reactive ketones (excluding diaryl/α,β-unsaturated/α-hetero) is 1. The predicted molar refractivity (Wildman–Crippen MR) is 127 cm³/mol. The van der Waals surface area contributed by atoms with Crippen LogP contribution >= 0.6 is 0 Å². The van der Waals surface area contributed by atoms with Gasteiger partial charge in [0.15, 0.2) is 0 Å². The van der Waals surface area contributed by atoms with Gasteiger partial charge in [-0.3, -0.25) is 19.5 Å². The topological polar surface area (TPSA) is 79.7 Å². The Labute approximate surface area is 193 Å². The van der Waals surface area contributed by atoms with E-state index >= 15 is 0 Å². The molecule has 168 valence electrons. The van der Waals surface area contributed by atoms with E-state index < -0.39 is 17.7 Å². The first kappa shape index (κ1) is 22.3. The quantitative estimate of drug-likeness (QED) is 0.321. The molecule has 1 saturated heterocycles. The summed E-state index contributed by atoms with van der Waals surface area (Å²) in [4.78, 5) is 32.0. The number of aliphatic hydroxyl groups is 1. The van der Waals surface area contributed by atoms with Crippen molar-refractivity contribution in [1.29, 1.82) is 0 Å². The highest BCUT2D eigenvalue weighted by atomic mass is 16.5. The minimum absolute atomic E-state index is 0.0228. The Morgan fingerprint density at radius 1 is 1.09 bits per heavy atom. The van der Waals surface area contributed by atoms with E-state index in [0.717, 1.165) is 5.56 Å². The first-order chi connectivity index (χ1) is 15.9. The molecule has 1 atom stereocenters. The number of aliphatic hydroxyl groups excluding tert-OH is 1. The van der Waals surface area contributed by atoms with Gasteiger partial charge in [-0.1, -0.05) is 44.2 Å². The Morgan fingerprint density at radius 2 is 1.85 bits per heavy atom. The molecule has 0 radical (unpaired) electrons. The summed E-state index contributed by atoms with van der Waals surface area (Å²) in [6.45, 7) is 6.52. The molecule has 2 heterocycles. The molecule has 0 spiro atoms. The van der Waals surface area contributed by atoms with Gasteiger partial charge in [0.05, 0.1) is 18.2 Å². The summed E-state index contributed by atoms with van der Waals surface area (Å²) < 4.78 is 5.53. The molecule has 1 N–H and O–H groups in total. The molecule has 3 aromatic rings. The Hall–Kier alpha value is -3.93. The van der Waals surface area contributed by atoms with Gasteiger partial charge in [0.1, 0.15) is 11.5 Å². The highest BCUT2D eigenvalue weighted by Gasteiger charge is 2.47. The van der Waals surface area contributed by atoms with Gasteiger partial charge in [0.2, 0.25) is 0 Å². The zero-order chi connectivity index (χ0) is 23.5. The highest BCUT2D eigenvalue weighted by molar-refractivity contribution is 6.51. The van der Waals surface area contributed by atoms with Crippen LogP contribution in [0, 0.1) is 0 Å². The second-order valence-corrected chi connectivity index (χ2v) is 8.16. The van der Waals surface area contributed by atoms with Crippen LogP contribution in [0.2, 0.25) is 0 Å². The van der Waals surface area contributed by atoms with Gasteiger partial charge >= 0.3 is 0 Å². The number of carbonyl (C=O) groups is 2. The molecule has 1 unspecified atom stereocenters. The molecule has 1 amide bonds. The number of pyridine rings is 1. The minimum atomic E-state index is -0.806. The molecule has 2 aromatic carbocycles. The second-order valence-electron chi connectivity index (χ2n) is 8.16. The number of ether oxygens (including phenoxy) is 1. The Kier molecular flexibility index (Phi) is 6.27. The van der Waals surface area contributed by atoms with Crippen LogP contribution < -0.4 is 9.64 Å². The average molecular weight is 443 g/mol. The van der Waals surface area contributed by atoms with Gasteiger partial charge in [0.25, 0.3) is 11.7 Å². The van der Waals surface area contributed by atoms with Crippen LogP contribution in [0.3, 0.4) is 0 Å². The van der Waals surface area contributed by atoms with E-state index in [1.165, 1.54) is 4.90 Å². The lowest BCUT2D eigenvalue weighted by Gasteiger charge is -2.25. The Bertz CT molecular complexity index is 1200. The number of amides is 1. The molecule has 1 aliphatic rings. The molecule has 1 aromatic heterocycles. The zero-order valence-corrected chi connectivity index (χ0v) is 18.9. The number of nitrogens with zero attached hydrogens (tertiary/aromatic N) is 2. The van der Waals surface area contributed by atoms with Crippen LogP contribution in [0.25, 0.3) is 5.76 Å². The number of benzene rings is 2. The van der Waals surface area contributed by atoms with Crippen molar-refractivity contribution < 1.29 is 19.4 Å². The fraction of sp³-hybridized carbons (Fsp3) is 0.222.